The summed E-state index contributed by atoms with van der Waals surface area (Å²) < 4.78 is 23.0. The lowest BCUT2D eigenvalue weighted by Crippen LogP contribution is -2.61. The summed E-state index contributed by atoms with van der Waals surface area (Å²) in [6, 6.07) is -0.160. The molecule has 4 nitrogen and oxygen atoms in total. The van der Waals surface area contributed by atoms with Crippen LogP contribution in [0.25, 0.3) is 0 Å². The molecule has 14 heavy (non-hydrogen) atoms. The molecule has 0 aromatic rings. The van der Waals surface area contributed by atoms with Crippen LogP contribution in [-0.4, -0.2) is 24.7 Å². The van der Waals surface area contributed by atoms with E-state index in [0.717, 1.165) is 36.4 Å². The predicted molar refractivity (Wildman–Crippen MR) is 52.0 cm³/mol. The van der Waals surface area contributed by atoms with Crippen molar-refractivity contribution in [1.29, 1.82) is 0 Å². The van der Waals surface area contributed by atoms with E-state index in [-0.39, 0.29) is 17.9 Å². The van der Waals surface area contributed by atoms with Gasteiger partial charge in [0.2, 0.25) is 5.91 Å². The first-order valence-corrected chi connectivity index (χ1v) is 7.06. The van der Waals surface area contributed by atoms with Crippen LogP contribution < -0.4 is 0 Å². The van der Waals surface area contributed by atoms with Crippen LogP contribution in [0.5, 0.6) is 0 Å². The number of halogens is 1. The third-order valence-corrected chi connectivity index (χ3v) is 4.42. The van der Waals surface area contributed by atoms with E-state index >= 15 is 0 Å². The highest BCUT2D eigenvalue weighted by atomic mass is 35.7. The van der Waals surface area contributed by atoms with Gasteiger partial charge >= 0.3 is 9.24 Å². The fourth-order valence-electron chi connectivity index (χ4n) is 2.37. The molecule has 1 saturated heterocycles. The van der Waals surface area contributed by atoms with E-state index in [1.54, 1.807) is 0 Å². The minimum absolute atomic E-state index is 0.0916. The van der Waals surface area contributed by atoms with E-state index < -0.39 is 9.24 Å². The molecule has 1 amide bonds. The van der Waals surface area contributed by atoms with Gasteiger partial charge in [0.05, 0.1) is 12.0 Å². The second-order valence-corrected chi connectivity index (χ2v) is 6.28. The molecular formula is C8H12ClNO3S. The zero-order chi connectivity index (χ0) is 10.3. The molecule has 1 aliphatic carbocycles. The smallest absolute Gasteiger partial charge is 0.273 e. The lowest BCUT2D eigenvalue weighted by Gasteiger charge is -2.43. The standard InChI is InChI=1S/C8H12ClNO3S/c9-14(12,13)10-7-5-3-1-2-4-6(7)8(10)11/h6-7H,1-5H2. The van der Waals surface area contributed by atoms with Crippen molar-refractivity contribution in [3.05, 3.63) is 0 Å². The van der Waals surface area contributed by atoms with Gasteiger partial charge in [-0.2, -0.15) is 8.42 Å². The Bertz CT molecular complexity index is 354. The third kappa shape index (κ3) is 1.52. The average Bonchev–Trinajstić information content (AvgIpc) is 2.24. The number of hydrogen-bond acceptors (Lipinski definition) is 3. The summed E-state index contributed by atoms with van der Waals surface area (Å²) in [7, 11) is 1.33. The Morgan fingerprint density at radius 2 is 1.86 bits per heavy atom. The Balaban J connectivity index is 2.20. The Kier molecular flexibility index (Phi) is 2.47. The molecule has 0 spiro atoms. The van der Waals surface area contributed by atoms with Crippen LogP contribution in [0.2, 0.25) is 0 Å². The first kappa shape index (κ1) is 10.2. The monoisotopic (exact) mass is 237 g/mol. The van der Waals surface area contributed by atoms with Gasteiger partial charge in [0.15, 0.2) is 0 Å². The Labute approximate surface area is 87.8 Å². The maximum atomic E-state index is 11.5. The van der Waals surface area contributed by atoms with Crippen molar-refractivity contribution in [1.82, 2.24) is 4.31 Å². The predicted octanol–water partition coefficient (Wildman–Crippen LogP) is 1.26. The van der Waals surface area contributed by atoms with Gasteiger partial charge in [0.25, 0.3) is 0 Å². The highest BCUT2D eigenvalue weighted by Gasteiger charge is 2.52. The third-order valence-electron chi connectivity index (χ3n) is 3.05. The van der Waals surface area contributed by atoms with Gasteiger partial charge in [-0.25, -0.2) is 4.31 Å². The molecule has 0 radical (unpaired) electrons. The topological polar surface area (TPSA) is 54.5 Å². The van der Waals surface area contributed by atoms with Crippen LogP contribution in [0.1, 0.15) is 32.1 Å². The van der Waals surface area contributed by atoms with Crippen LogP contribution in [0, 0.1) is 5.92 Å². The van der Waals surface area contributed by atoms with Gasteiger partial charge in [0, 0.05) is 10.7 Å². The maximum Gasteiger partial charge on any atom is 0.324 e. The number of hydrogen-bond donors (Lipinski definition) is 0. The van der Waals surface area contributed by atoms with E-state index in [0.29, 0.717) is 0 Å². The molecule has 0 aromatic carbocycles. The zero-order valence-electron chi connectivity index (χ0n) is 7.65. The van der Waals surface area contributed by atoms with Crippen LogP contribution in [-0.2, 0) is 14.0 Å². The quantitative estimate of drug-likeness (QED) is 0.510. The van der Waals surface area contributed by atoms with Gasteiger partial charge in [-0.1, -0.05) is 19.3 Å². The fourth-order valence-corrected chi connectivity index (χ4v) is 3.81. The highest BCUT2D eigenvalue weighted by Crippen LogP contribution is 2.39. The van der Waals surface area contributed by atoms with E-state index in [1.807, 2.05) is 0 Å². The summed E-state index contributed by atoms with van der Waals surface area (Å²) in [5.74, 6) is -0.405. The van der Waals surface area contributed by atoms with Crippen LogP contribution in [0.3, 0.4) is 0 Å². The molecule has 2 atom stereocenters. The van der Waals surface area contributed by atoms with Crippen molar-refractivity contribution in [2.45, 2.75) is 38.1 Å². The number of rotatable bonds is 1. The number of β-lactam (4-membered cyclic amide) rings is 1. The molecule has 2 aliphatic rings. The molecule has 0 bridgehead atoms. The van der Waals surface area contributed by atoms with Gasteiger partial charge in [-0.05, 0) is 12.8 Å². The molecule has 6 heteroatoms. The normalized spacial score (nSPS) is 33.2. The van der Waals surface area contributed by atoms with Crippen LogP contribution in [0.15, 0.2) is 0 Å². The number of amides is 1. The fraction of sp³-hybridized carbons (Fsp3) is 0.875. The molecule has 1 heterocycles. The molecule has 2 rings (SSSR count). The summed E-state index contributed by atoms with van der Waals surface area (Å²) in [6.45, 7) is 0. The van der Waals surface area contributed by atoms with Crippen molar-refractivity contribution in [3.8, 4) is 0 Å². The summed E-state index contributed by atoms with van der Waals surface area (Å²) in [5.41, 5.74) is 0. The number of carbonyl (C=O) groups is 1. The van der Waals surface area contributed by atoms with Crippen molar-refractivity contribution in [3.63, 3.8) is 0 Å². The van der Waals surface area contributed by atoms with E-state index in [4.69, 9.17) is 10.7 Å². The minimum atomic E-state index is -3.85. The Morgan fingerprint density at radius 3 is 2.50 bits per heavy atom. The first-order chi connectivity index (χ1) is 6.52. The molecular weight excluding hydrogens is 226 g/mol. The summed E-state index contributed by atoms with van der Waals surface area (Å²) in [6.07, 6.45) is 4.66. The SMILES string of the molecule is O=C1C2CCCCCC2N1S(=O)(=O)Cl. The van der Waals surface area contributed by atoms with E-state index in [9.17, 15) is 13.2 Å². The first-order valence-electron chi connectivity index (χ1n) is 4.79. The second-order valence-electron chi connectivity index (χ2n) is 3.89. The summed E-state index contributed by atoms with van der Waals surface area (Å²) >= 11 is 0. The summed E-state index contributed by atoms with van der Waals surface area (Å²) in [5, 5.41) is 0. The lowest BCUT2D eigenvalue weighted by molar-refractivity contribution is -0.146. The Hall–Kier alpha value is -0.290. The van der Waals surface area contributed by atoms with Gasteiger partial charge in [0.1, 0.15) is 0 Å². The lowest BCUT2D eigenvalue weighted by atomic mass is 9.86. The van der Waals surface area contributed by atoms with Crippen molar-refractivity contribution >= 4 is 25.8 Å². The number of fused-ring (bicyclic) bond motifs is 1. The molecule has 2 fully saturated rings. The van der Waals surface area contributed by atoms with Crippen molar-refractivity contribution in [2.75, 3.05) is 0 Å². The van der Waals surface area contributed by atoms with Crippen LogP contribution in [0.4, 0.5) is 0 Å². The zero-order valence-corrected chi connectivity index (χ0v) is 9.22. The molecule has 80 valence electrons. The second kappa shape index (κ2) is 3.38. The molecule has 0 aromatic heterocycles. The van der Waals surface area contributed by atoms with Crippen LogP contribution >= 0.6 is 10.7 Å². The van der Waals surface area contributed by atoms with Gasteiger partial charge < -0.3 is 0 Å². The van der Waals surface area contributed by atoms with Gasteiger partial charge in [-0.3, -0.25) is 4.79 Å². The molecule has 1 aliphatic heterocycles. The number of carbonyl (C=O) groups excluding carboxylic acids is 1. The Morgan fingerprint density at radius 1 is 1.21 bits per heavy atom. The molecule has 0 N–H and O–H groups in total. The average molecular weight is 238 g/mol. The minimum Gasteiger partial charge on any atom is -0.273 e. The highest BCUT2D eigenvalue weighted by molar-refractivity contribution is 8.12. The van der Waals surface area contributed by atoms with E-state index in [1.165, 1.54) is 0 Å². The van der Waals surface area contributed by atoms with E-state index in [2.05, 4.69) is 0 Å². The van der Waals surface area contributed by atoms with Crippen molar-refractivity contribution in [2.24, 2.45) is 5.92 Å². The van der Waals surface area contributed by atoms with Gasteiger partial charge in [-0.15, -0.1) is 0 Å². The van der Waals surface area contributed by atoms with Crippen molar-refractivity contribution < 1.29 is 13.2 Å². The maximum absolute atomic E-state index is 11.5. The molecule has 1 saturated carbocycles. The molecule has 2 unspecified atom stereocenters. The largest absolute Gasteiger partial charge is 0.324 e. The summed E-state index contributed by atoms with van der Waals surface area (Å²) in [4.78, 5) is 11.5. The number of nitrogens with zero attached hydrogens (tertiary/aromatic N) is 1.